The smallest absolute Gasteiger partial charge is 0.349 e. The van der Waals surface area contributed by atoms with Crippen molar-refractivity contribution in [2.75, 3.05) is 20.6 Å². The van der Waals surface area contributed by atoms with E-state index in [9.17, 15) is 18.0 Å². The van der Waals surface area contributed by atoms with Crippen molar-refractivity contribution in [3.8, 4) is 0 Å². The molecule has 1 aromatic carbocycles. The normalized spacial score (nSPS) is 13.1. The largest absolute Gasteiger partial charge is 0.416 e. The monoisotopic (exact) mass is 357 g/mol. The van der Waals surface area contributed by atoms with Gasteiger partial charge in [0.05, 0.1) is 37.5 Å². The van der Waals surface area contributed by atoms with Gasteiger partial charge >= 0.3 is 6.18 Å². The van der Waals surface area contributed by atoms with E-state index in [1.807, 2.05) is 31.6 Å². The summed E-state index contributed by atoms with van der Waals surface area (Å²) >= 11 is 1.62. The van der Waals surface area contributed by atoms with E-state index in [2.05, 4.69) is 5.32 Å². The first-order valence-electron chi connectivity index (χ1n) is 7.53. The van der Waals surface area contributed by atoms with Gasteiger partial charge in [-0.2, -0.15) is 13.2 Å². The molecule has 0 fully saturated rings. The first-order valence-corrected chi connectivity index (χ1v) is 8.41. The fourth-order valence-electron chi connectivity index (χ4n) is 2.40. The molecular formula is C17H20F3N2OS+. The number of halogens is 3. The molecule has 7 heteroatoms. The van der Waals surface area contributed by atoms with E-state index in [1.165, 1.54) is 17.0 Å². The van der Waals surface area contributed by atoms with Crippen molar-refractivity contribution in [1.82, 2.24) is 5.32 Å². The summed E-state index contributed by atoms with van der Waals surface area (Å²) in [6.45, 7) is 0.445. The van der Waals surface area contributed by atoms with Crippen LogP contribution in [0.1, 0.15) is 22.0 Å². The zero-order valence-electron chi connectivity index (χ0n) is 13.5. The van der Waals surface area contributed by atoms with Gasteiger partial charge in [-0.05, 0) is 23.1 Å². The first kappa shape index (κ1) is 18.5. The number of amides is 1. The Morgan fingerprint density at radius 3 is 2.58 bits per heavy atom. The van der Waals surface area contributed by atoms with Crippen molar-refractivity contribution in [3.05, 3.63) is 57.8 Å². The minimum absolute atomic E-state index is 0.0656. The van der Waals surface area contributed by atoms with Crippen LogP contribution in [0, 0.1) is 0 Å². The molecule has 2 N–H and O–H groups in total. The summed E-state index contributed by atoms with van der Waals surface area (Å²) < 4.78 is 38.1. The fraction of sp³-hybridized carbons (Fsp3) is 0.353. The Labute approximate surface area is 143 Å². The number of nitrogens with one attached hydrogen (secondary N) is 2. The lowest BCUT2D eigenvalue weighted by Crippen LogP contribution is -3.06. The van der Waals surface area contributed by atoms with Crippen molar-refractivity contribution in [2.24, 2.45) is 0 Å². The standard InChI is InChI=1S/C17H19F3N2OS/c1-22(2)14(15-7-4-8-24-15)11-21-16(23)10-12-5-3-6-13(9-12)17(18,19)20/h3-9,14H,10-11H2,1-2H3,(H,21,23)/p+1/t14-/m0/s1. The van der Waals surface area contributed by atoms with Crippen LogP contribution in [0.3, 0.4) is 0 Å². The lowest BCUT2D eigenvalue weighted by Gasteiger charge is -2.20. The van der Waals surface area contributed by atoms with Gasteiger partial charge in [-0.3, -0.25) is 4.79 Å². The maximum absolute atomic E-state index is 12.7. The molecule has 2 rings (SSSR count). The van der Waals surface area contributed by atoms with E-state index >= 15 is 0 Å². The molecule has 3 nitrogen and oxygen atoms in total. The van der Waals surface area contributed by atoms with Crippen LogP contribution < -0.4 is 10.2 Å². The predicted octanol–water partition coefficient (Wildman–Crippen LogP) is 2.31. The number of alkyl halides is 3. The number of benzene rings is 1. The molecular weight excluding hydrogens is 337 g/mol. The molecule has 0 bridgehead atoms. The van der Waals surface area contributed by atoms with E-state index in [-0.39, 0.29) is 18.4 Å². The lowest BCUT2D eigenvalue weighted by molar-refractivity contribution is -0.890. The van der Waals surface area contributed by atoms with Crippen molar-refractivity contribution in [1.29, 1.82) is 0 Å². The second kappa shape index (κ2) is 7.81. The number of hydrogen-bond acceptors (Lipinski definition) is 2. The van der Waals surface area contributed by atoms with Gasteiger partial charge in [-0.25, -0.2) is 0 Å². The van der Waals surface area contributed by atoms with Crippen LogP contribution in [0.4, 0.5) is 13.2 Å². The number of hydrogen-bond donors (Lipinski definition) is 2. The van der Waals surface area contributed by atoms with Gasteiger partial charge in [0.25, 0.3) is 0 Å². The average molecular weight is 357 g/mol. The van der Waals surface area contributed by atoms with E-state index < -0.39 is 11.7 Å². The van der Waals surface area contributed by atoms with Gasteiger partial charge in [0.1, 0.15) is 6.04 Å². The van der Waals surface area contributed by atoms with Crippen LogP contribution in [0.15, 0.2) is 41.8 Å². The van der Waals surface area contributed by atoms with Gasteiger partial charge < -0.3 is 10.2 Å². The summed E-state index contributed by atoms with van der Waals surface area (Å²) in [5.41, 5.74) is -0.380. The van der Waals surface area contributed by atoms with Crippen LogP contribution in [-0.4, -0.2) is 26.5 Å². The zero-order valence-corrected chi connectivity index (χ0v) is 14.3. The molecule has 0 spiro atoms. The minimum Gasteiger partial charge on any atom is -0.349 e. The molecule has 0 saturated heterocycles. The third-order valence-corrected chi connectivity index (χ3v) is 4.69. The third kappa shape index (κ3) is 5.07. The topological polar surface area (TPSA) is 33.5 Å². The summed E-state index contributed by atoms with van der Waals surface area (Å²) in [6.07, 6.45) is -4.46. The highest BCUT2D eigenvalue weighted by molar-refractivity contribution is 7.10. The second-order valence-corrected chi connectivity index (χ2v) is 6.80. The highest BCUT2D eigenvalue weighted by Crippen LogP contribution is 2.29. The summed E-state index contributed by atoms with van der Waals surface area (Å²) in [4.78, 5) is 14.4. The van der Waals surface area contributed by atoms with Crippen LogP contribution in [0.25, 0.3) is 0 Å². The number of rotatable bonds is 6. The molecule has 24 heavy (non-hydrogen) atoms. The van der Waals surface area contributed by atoms with Crippen molar-refractivity contribution < 1.29 is 22.9 Å². The number of thiophene rings is 1. The molecule has 0 saturated carbocycles. The first-order chi connectivity index (χ1) is 11.3. The Morgan fingerprint density at radius 2 is 2.00 bits per heavy atom. The van der Waals surface area contributed by atoms with Crippen LogP contribution in [-0.2, 0) is 17.4 Å². The SMILES string of the molecule is C[NH+](C)[C@@H](CNC(=O)Cc1cccc(C(F)(F)F)c1)c1cccs1. The second-order valence-electron chi connectivity index (χ2n) is 5.82. The van der Waals surface area contributed by atoms with Gasteiger partial charge in [-0.15, -0.1) is 11.3 Å². The fourth-order valence-corrected chi connectivity index (χ4v) is 3.35. The van der Waals surface area contributed by atoms with Crippen LogP contribution in [0.2, 0.25) is 0 Å². The molecule has 1 amide bonds. The van der Waals surface area contributed by atoms with Gasteiger partial charge in [-0.1, -0.05) is 24.3 Å². The van der Waals surface area contributed by atoms with E-state index in [4.69, 9.17) is 0 Å². The van der Waals surface area contributed by atoms with Crippen molar-refractivity contribution >= 4 is 17.2 Å². The molecule has 0 aliphatic carbocycles. The predicted molar refractivity (Wildman–Crippen MR) is 88.0 cm³/mol. The van der Waals surface area contributed by atoms with E-state index in [0.29, 0.717) is 12.1 Å². The highest BCUT2D eigenvalue weighted by Gasteiger charge is 2.30. The molecule has 0 unspecified atom stereocenters. The Kier molecular flexibility index (Phi) is 6.01. The average Bonchev–Trinajstić information content (AvgIpc) is 3.00. The molecule has 0 radical (unpaired) electrons. The molecule has 2 aromatic rings. The third-order valence-electron chi connectivity index (χ3n) is 3.71. The summed E-state index contributed by atoms with van der Waals surface area (Å²) in [5, 5.41) is 4.81. The maximum Gasteiger partial charge on any atom is 0.416 e. The maximum atomic E-state index is 12.7. The Balaban J connectivity index is 1.96. The summed E-state index contributed by atoms with van der Waals surface area (Å²) in [6, 6.07) is 8.97. The van der Waals surface area contributed by atoms with E-state index in [0.717, 1.165) is 17.0 Å². The summed E-state index contributed by atoms with van der Waals surface area (Å²) in [7, 11) is 4.01. The molecule has 1 heterocycles. The van der Waals surface area contributed by atoms with Crippen molar-refractivity contribution in [2.45, 2.75) is 18.6 Å². The van der Waals surface area contributed by atoms with Gasteiger partial charge in [0.15, 0.2) is 0 Å². The quantitative estimate of drug-likeness (QED) is 0.817. The number of carbonyl (C=O) groups excluding carboxylic acids is 1. The molecule has 130 valence electrons. The van der Waals surface area contributed by atoms with Gasteiger partial charge in [0.2, 0.25) is 5.91 Å². The highest BCUT2D eigenvalue weighted by atomic mass is 32.1. The minimum atomic E-state index is -4.40. The number of likely N-dealkylation sites (N-methyl/N-ethyl adjacent to an activating group) is 1. The molecule has 0 aliphatic heterocycles. The van der Waals surface area contributed by atoms with Crippen molar-refractivity contribution in [3.63, 3.8) is 0 Å². The Bertz CT molecular complexity index is 669. The van der Waals surface area contributed by atoms with Gasteiger partial charge in [0, 0.05) is 0 Å². The molecule has 1 atom stereocenters. The van der Waals surface area contributed by atoms with E-state index in [1.54, 1.807) is 11.3 Å². The van der Waals surface area contributed by atoms with Crippen LogP contribution >= 0.6 is 11.3 Å². The van der Waals surface area contributed by atoms with Crippen LogP contribution in [0.5, 0.6) is 0 Å². The lowest BCUT2D eigenvalue weighted by atomic mass is 10.1. The molecule has 0 aliphatic rings. The summed E-state index contributed by atoms with van der Waals surface area (Å²) in [5.74, 6) is -0.280. The number of carbonyl (C=O) groups is 1. The number of quaternary nitrogens is 1. The zero-order chi connectivity index (χ0) is 17.7. The Hall–Kier alpha value is -1.86. The Morgan fingerprint density at radius 1 is 1.25 bits per heavy atom. The molecule has 1 aromatic heterocycles.